The Morgan fingerprint density at radius 2 is 1.10 bits per heavy atom. The summed E-state index contributed by atoms with van der Waals surface area (Å²) in [6, 6.07) is -3.61. The molecule has 0 radical (unpaired) electrons. The molecule has 0 unspecified atom stereocenters. The molecule has 0 saturated carbocycles. The molecule has 3 aliphatic heterocycles. The van der Waals surface area contributed by atoms with E-state index < -0.39 is 115 Å². The Morgan fingerprint density at radius 3 is 1.44 bits per heavy atom. The van der Waals surface area contributed by atoms with Gasteiger partial charge in [-0.25, -0.2) is 19.2 Å². The van der Waals surface area contributed by atoms with Crippen molar-refractivity contribution in [3.63, 3.8) is 0 Å². The van der Waals surface area contributed by atoms with Gasteiger partial charge in [-0.15, -0.1) is 6.58 Å². The third kappa shape index (κ3) is 15.6. The van der Waals surface area contributed by atoms with Crippen LogP contribution >= 0.6 is 0 Å². The molecule has 0 aliphatic carbocycles. The molecule has 2 N–H and O–H groups in total. The van der Waals surface area contributed by atoms with Gasteiger partial charge in [-0.05, 0) is 88.4 Å². The van der Waals surface area contributed by atoms with Gasteiger partial charge >= 0.3 is 43.6 Å². The van der Waals surface area contributed by atoms with Gasteiger partial charge in [0.2, 0.25) is 0 Å². The van der Waals surface area contributed by atoms with Gasteiger partial charge in [0.15, 0.2) is 0 Å². The number of ether oxygens (including phenoxy) is 4. The van der Waals surface area contributed by atoms with Crippen LogP contribution in [0.5, 0.6) is 0 Å². The summed E-state index contributed by atoms with van der Waals surface area (Å²) in [5.41, 5.74) is -2.63. The topological polar surface area (TPSA) is 154 Å². The van der Waals surface area contributed by atoms with Crippen LogP contribution in [0.25, 0.3) is 0 Å². The fourth-order valence-corrected chi connectivity index (χ4v) is 7.06. The van der Waals surface area contributed by atoms with E-state index in [1.54, 1.807) is 41.5 Å². The Hall–Kier alpha value is -3.30. The summed E-state index contributed by atoms with van der Waals surface area (Å²) in [5, 5.41) is 4.87. The molecule has 0 aromatic carbocycles. The Morgan fingerprint density at radius 1 is 0.729 bits per heavy atom. The first kappa shape index (κ1) is 51.8. The zero-order valence-corrected chi connectivity index (χ0v) is 36.2. The standard InChI is InChI=1S/C22H38BF3N2O6.C16H25F3N2O4/c1-19(2,3)32-18(30)28-12-15(27-13-22(24,25)26)14(16(28)17(29)31-8)10-9-11-23-33-20(4,5)21(6,7)34-23;1-6-7-10-11(20-9-16(17,18)19)8-21(12(10)13(22)24-5)14(23)25-15(2,3)4/h14-16,27H,9-13H2,1-8H3;6,10-12,20H,1,7-9H2,2-5H3/t14-,15+,16+;10-,11+,12+/m11/s1. The molecule has 2 amide bonds. The third-order valence-electron chi connectivity index (χ3n) is 10.3. The lowest BCUT2D eigenvalue weighted by molar-refractivity contribution is -0.148. The SMILES string of the molecule is C=CC[C@@H]1[C@@H](NCC(F)(F)F)CN(C(=O)OC(C)(C)C)[C@@H]1C(=O)OC.COC(=O)[C@@H]1[C@H](CCCB2OC(C)(C)C(C)(C)O2)[C@@H](NCC(F)(F)F)CN1C(=O)OC(C)(C)C. The number of carbonyl (C=O) groups excluding carboxylic acids is 4. The van der Waals surface area contributed by atoms with E-state index in [4.69, 9.17) is 28.3 Å². The van der Waals surface area contributed by atoms with Crippen LogP contribution in [0, 0.1) is 11.8 Å². The second-order valence-corrected chi connectivity index (χ2v) is 17.9. The minimum atomic E-state index is -4.44. The Labute approximate surface area is 343 Å². The maximum absolute atomic E-state index is 12.9. The number of likely N-dealkylation sites (tertiary alicyclic amines) is 2. The van der Waals surface area contributed by atoms with Crippen molar-refractivity contribution in [1.29, 1.82) is 0 Å². The van der Waals surface area contributed by atoms with Crippen molar-refractivity contribution < 1.29 is 73.8 Å². The predicted octanol–water partition coefficient (Wildman–Crippen LogP) is 6.28. The molecule has 0 aromatic heterocycles. The molecule has 14 nitrogen and oxygen atoms in total. The molecule has 3 saturated heterocycles. The van der Waals surface area contributed by atoms with Crippen molar-refractivity contribution in [3.05, 3.63) is 12.7 Å². The molecule has 6 atom stereocenters. The highest BCUT2D eigenvalue weighted by molar-refractivity contribution is 6.45. The van der Waals surface area contributed by atoms with Crippen LogP contribution in [0.15, 0.2) is 12.7 Å². The summed E-state index contributed by atoms with van der Waals surface area (Å²) < 4.78 is 109. The van der Waals surface area contributed by atoms with Gasteiger partial charge in [-0.3, -0.25) is 9.80 Å². The second-order valence-electron chi connectivity index (χ2n) is 17.9. The molecular weight excluding hydrogens is 797 g/mol. The summed E-state index contributed by atoms with van der Waals surface area (Å²) >= 11 is 0. The number of alkyl halides is 6. The molecular formula is C38H63BF6N4O10. The summed E-state index contributed by atoms with van der Waals surface area (Å²) in [4.78, 5) is 52.4. The largest absolute Gasteiger partial charge is 0.467 e. The van der Waals surface area contributed by atoms with Crippen molar-refractivity contribution in [2.45, 2.75) is 154 Å². The third-order valence-corrected chi connectivity index (χ3v) is 10.3. The number of methoxy groups -OCH3 is 2. The number of hydrogen-bond donors (Lipinski definition) is 2. The smallest absolute Gasteiger partial charge is 0.457 e. The first-order valence-electron chi connectivity index (χ1n) is 19.5. The highest BCUT2D eigenvalue weighted by Gasteiger charge is 2.53. The van der Waals surface area contributed by atoms with Gasteiger partial charge in [-0.2, -0.15) is 26.3 Å². The second kappa shape index (κ2) is 20.1. The number of rotatable bonds is 12. The zero-order chi connectivity index (χ0) is 45.5. The lowest BCUT2D eigenvalue weighted by Crippen LogP contribution is -2.46. The minimum absolute atomic E-state index is 0.0940. The highest BCUT2D eigenvalue weighted by atomic mass is 19.4. The van der Waals surface area contributed by atoms with Crippen LogP contribution in [-0.2, 0) is 37.8 Å². The van der Waals surface area contributed by atoms with E-state index in [0.29, 0.717) is 19.2 Å². The molecule has 3 fully saturated rings. The highest BCUT2D eigenvalue weighted by Crippen LogP contribution is 2.39. The molecule has 21 heteroatoms. The lowest BCUT2D eigenvalue weighted by atomic mass is 9.79. The van der Waals surface area contributed by atoms with Crippen LogP contribution in [0.1, 0.15) is 88.5 Å². The Bertz CT molecular complexity index is 1440. The molecule has 340 valence electrons. The number of allylic oxidation sites excluding steroid dienone is 1. The molecule has 3 rings (SSSR count). The molecule has 59 heavy (non-hydrogen) atoms. The molecule has 3 heterocycles. The summed E-state index contributed by atoms with van der Waals surface area (Å²) in [6.07, 6.45) is -7.26. The van der Waals surface area contributed by atoms with Crippen LogP contribution in [0.4, 0.5) is 35.9 Å². The van der Waals surface area contributed by atoms with Gasteiger partial charge in [-0.1, -0.05) is 12.5 Å². The fourth-order valence-electron chi connectivity index (χ4n) is 7.06. The van der Waals surface area contributed by atoms with E-state index in [2.05, 4.69) is 17.2 Å². The summed E-state index contributed by atoms with van der Waals surface area (Å²) in [5.74, 6) is -2.60. The van der Waals surface area contributed by atoms with Crippen LogP contribution in [0.3, 0.4) is 0 Å². The van der Waals surface area contributed by atoms with Crippen molar-refractivity contribution >= 4 is 31.2 Å². The lowest BCUT2D eigenvalue weighted by Gasteiger charge is -2.32. The van der Waals surface area contributed by atoms with Crippen molar-refractivity contribution in [2.75, 3.05) is 40.4 Å². The predicted molar refractivity (Wildman–Crippen MR) is 205 cm³/mol. The quantitative estimate of drug-likeness (QED) is 0.0747. The average molecular weight is 861 g/mol. The first-order chi connectivity index (χ1) is 26.8. The number of esters is 2. The maximum atomic E-state index is 12.9. The minimum Gasteiger partial charge on any atom is -0.467 e. The Balaban J connectivity index is 0.000000427. The van der Waals surface area contributed by atoms with Crippen LogP contribution in [0.2, 0.25) is 6.32 Å². The summed E-state index contributed by atoms with van der Waals surface area (Å²) in [7, 11) is 1.89. The van der Waals surface area contributed by atoms with Crippen molar-refractivity contribution in [1.82, 2.24) is 20.4 Å². The Kier molecular flexibility index (Phi) is 17.6. The molecule has 3 aliphatic rings. The average Bonchev–Trinajstić information content (AvgIpc) is 3.68. The first-order valence-corrected chi connectivity index (χ1v) is 19.5. The monoisotopic (exact) mass is 860 g/mol. The number of nitrogens with one attached hydrogen (secondary N) is 2. The van der Waals surface area contributed by atoms with E-state index in [-0.39, 0.29) is 19.5 Å². The molecule has 0 aromatic rings. The van der Waals surface area contributed by atoms with E-state index in [1.807, 2.05) is 27.7 Å². The van der Waals surface area contributed by atoms with Gasteiger partial charge in [0.05, 0.1) is 38.5 Å². The maximum Gasteiger partial charge on any atom is 0.457 e. The van der Waals surface area contributed by atoms with Crippen LogP contribution in [-0.4, -0.2) is 140 Å². The number of carbonyl (C=O) groups is 4. The number of halogens is 6. The number of nitrogens with zero attached hydrogens (tertiary/aromatic N) is 2. The van der Waals surface area contributed by atoms with E-state index in [9.17, 15) is 45.5 Å². The van der Waals surface area contributed by atoms with E-state index in [0.717, 1.165) is 12.0 Å². The number of hydrogen-bond acceptors (Lipinski definition) is 12. The van der Waals surface area contributed by atoms with E-state index >= 15 is 0 Å². The molecule has 0 bridgehead atoms. The van der Waals surface area contributed by atoms with Crippen molar-refractivity contribution in [3.8, 4) is 0 Å². The fraction of sp³-hybridized carbons (Fsp3) is 0.842. The molecule has 0 spiro atoms. The van der Waals surface area contributed by atoms with E-state index in [1.165, 1.54) is 18.1 Å². The number of amides is 2. The van der Waals surface area contributed by atoms with Gasteiger partial charge < -0.3 is 38.9 Å². The normalized spacial score (nSPS) is 25.6. The van der Waals surface area contributed by atoms with Crippen LogP contribution < -0.4 is 10.6 Å². The van der Waals surface area contributed by atoms with Crippen molar-refractivity contribution in [2.24, 2.45) is 11.8 Å². The zero-order valence-electron chi connectivity index (χ0n) is 36.2. The van der Waals surface area contributed by atoms with Gasteiger partial charge in [0.1, 0.15) is 23.3 Å². The van der Waals surface area contributed by atoms with Gasteiger partial charge in [0.25, 0.3) is 0 Å². The summed E-state index contributed by atoms with van der Waals surface area (Å²) in [6.45, 7) is 18.7. The van der Waals surface area contributed by atoms with Gasteiger partial charge in [0, 0.05) is 37.0 Å².